The van der Waals surface area contributed by atoms with Gasteiger partial charge in [-0.1, -0.05) is 30.3 Å². The first-order valence-electron chi connectivity index (χ1n) is 11.9. The lowest BCUT2D eigenvalue weighted by Gasteiger charge is -2.31. The molecule has 2 rings (SSSR count). The summed E-state index contributed by atoms with van der Waals surface area (Å²) in [5.74, 6) is -3.40. The standard InChI is InChI=1S/C24H32N4O10/c1-6-35-22(32)18-17(38-18)21(31)28(24(34)36-7-2)27(5)20(30)15(4)25-19(29)14(3)26-23(33)37-13-16-11-9-8-10-12-16/h8-12,14-15,17-18H,6-7,13H2,1-5H3,(H,25,29)(H,26,33)/t14-,15-,17-,18-/m0/s1. The van der Waals surface area contributed by atoms with Gasteiger partial charge in [-0.2, -0.15) is 0 Å². The molecule has 208 valence electrons. The molecule has 14 heteroatoms. The van der Waals surface area contributed by atoms with Crippen LogP contribution in [0.1, 0.15) is 33.3 Å². The number of carbonyl (C=O) groups excluding carboxylic acids is 6. The minimum absolute atomic E-state index is 0.000150. The fourth-order valence-electron chi connectivity index (χ4n) is 3.16. The molecule has 1 heterocycles. The van der Waals surface area contributed by atoms with Crippen LogP contribution in [0.5, 0.6) is 0 Å². The molecule has 0 unspecified atom stereocenters. The third-order valence-electron chi connectivity index (χ3n) is 5.19. The zero-order chi connectivity index (χ0) is 28.4. The van der Waals surface area contributed by atoms with E-state index < -0.39 is 60.2 Å². The van der Waals surface area contributed by atoms with E-state index in [4.69, 9.17) is 18.9 Å². The summed E-state index contributed by atoms with van der Waals surface area (Å²) in [6, 6.07) is 6.62. The highest BCUT2D eigenvalue weighted by molar-refractivity contribution is 6.01. The summed E-state index contributed by atoms with van der Waals surface area (Å²) in [6.07, 6.45) is -4.58. The zero-order valence-electron chi connectivity index (χ0n) is 21.8. The summed E-state index contributed by atoms with van der Waals surface area (Å²) >= 11 is 0. The monoisotopic (exact) mass is 536 g/mol. The van der Waals surface area contributed by atoms with E-state index in [9.17, 15) is 28.8 Å². The van der Waals surface area contributed by atoms with Crippen LogP contribution < -0.4 is 10.6 Å². The SMILES string of the molecule is CCOC(=O)[C@H]1O[C@@H]1C(=O)N(C(=O)OCC)N(C)C(=O)[C@H](C)NC(=O)[C@H](C)NC(=O)OCc1ccccc1. The number of nitrogens with zero attached hydrogens (tertiary/aromatic N) is 2. The number of imide groups is 1. The number of ether oxygens (including phenoxy) is 4. The lowest BCUT2D eigenvalue weighted by molar-refractivity contribution is -0.159. The van der Waals surface area contributed by atoms with E-state index in [1.807, 2.05) is 6.07 Å². The van der Waals surface area contributed by atoms with Gasteiger partial charge in [0.15, 0.2) is 12.2 Å². The summed E-state index contributed by atoms with van der Waals surface area (Å²) in [5, 5.41) is 5.79. The minimum Gasteiger partial charge on any atom is -0.464 e. The van der Waals surface area contributed by atoms with Crippen molar-refractivity contribution in [2.45, 2.75) is 58.6 Å². The Morgan fingerprint density at radius 1 is 0.895 bits per heavy atom. The molecule has 14 nitrogen and oxygen atoms in total. The van der Waals surface area contributed by atoms with Crippen LogP contribution in [0.3, 0.4) is 0 Å². The molecule has 0 saturated carbocycles. The third-order valence-corrected chi connectivity index (χ3v) is 5.19. The van der Waals surface area contributed by atoms with E-state index in [0.717, 1.165) is 12.6 Å². The number of likely N-dealkylation sites (N-methyl/N-ethyl adjacent to an activating group) is 1. The van der Waals surface area contributed by atoms with Crippen LogP contribution >= 0.6 is 0 Å². The van der Waals surface area contributed by atoms with Gasteiger partial charge in [-0.15, -0.1) is 5.01 Å². The Morgan fingerprint density at radius 2 is 1.53 bits per heavy atom. The van der Waals surface area contributed by atoms with Gasteiger partial charge >= 0.3 is 18.2 Å². The first-order chi connectivity index (χ1) is 18.0. The van der Waals surface area contributed by atoms with Gasteiger partial charge in [0.25, 0.3) is 11.8 Å². The summed E-state index contributed by atoms with van der Waals surface area (Å²) < 4.78 is 19.8. The molecule has 1 fully saturated rings. The third kappa shape index (κ3) is 8.16. The molecule has 0 radical (unpaired) electrons. The van der Waals surface area contributed by atoms with Crippen LogP contribution in [0.15, 0.2) is 30.3 Å². The minimum atomic E-state index is -1.34. The van der Waals surface area contributed by atoms with Gasteiger partial charge in [0.2, 0.25) is 5.91 Å². The van der Waals surface area contributed by atoms with E-state index in [2.05, 4.69) is 10.6 Å². The molecule has 2 N–H and O–H groups in total. The van der Waals surface area contributed by atoms with Gasteiger partial charge in [-0.25, -0.2) is 19.4 Å². The highest BCUT2D eigenvalue weighted by Gasteiger charge is 2.55. The number of epoxide rings is 1. The predicted molar refractivity (Wildman–Crippen MR) is 129 cm³/mol. The van der Waals surface area contributed by atoms with Crippen LogP contribution in [0.2, 0.25) is 0 Å². The number of hydrazine groups is 1. The molecular formula is C24H32N4O10. The van der Waals surface area contributed by atoms with Crippen LogP contribution in [0, 0.1) is 0 Å². The number of nitrogens with one attached hydrogen (secondary N) is 2. The van der Waals surface area contributed by atoms with Crippen LogP contribution in [0.4, 0.5) is 9.59 Å². The summed E-state index contributed by atoms with van der Waals surface area (Å²) in [5.41, 5.74) is 0.757. The lowest BCUT2D eigenvalue weighted by atomic mass is 10.2. The quantitative estimate of drug-likeness (QED) is 0.185. The summed E-state index contributed by atoms with van der Waals surface area (Å²) in [6.45, 7) is 5.74. The average Bonchev–Trinajstić information content (AvgIpc) is 3.69. The Balaban J connectivity index is 1.96. The first-order valence-corrected chi connectivity index (χ1v) is 11.9. The van der Waals surface area contributed by atoms with Gasteiger partial charge in [0, 0.05) is 7.05 Å². The molecule has 4 atom stereocenters. The molecule has 5 amide bonds. The molecule has 1 aromatic rings. The number of benzene rings is 1. The molecule has 1 aliphatic rings. The Labute approximate surface area is 219 Å². The topological polar surface area (TPSA) is 173 Å². The van der Waals surface area contributed by atoms with E-state index in [1.165, 1.54) is 20.8 Å². The molecule has 0 bridgehead atoms. The summed E-state index contributed by atoms with van der Waals surface area (Å²) in [7, 11) is 1.12. The maximum absolute atomic E-state index is 13.0. The van der Waals surface area contributed by atoms with Gasteiger partial charge < -0.3 is 29.6 Å². The number of amides is 5. The maximum Gasteiger partial charge on any atom is 0.436 e. The van der Waals surface area contributed by atoms with E-state index in [1.54, 1.807) is 31.2 Å². The number of rotatable bonds is 10. The highest BCUT2D eigenvalue weighted by atomic mass is 16.6. The maximum atomic E-state index is 13.0. The van der Waals surface area contributed by atoms with Crippen molar-refractivity contribution in [1.29, 1.82) is 0 Å². The molecule has 1 saturated heterocycles. The molecular weight excluding hydrogens is 504 g/mol. The van der Waals surface area contributed by atoms with Crippen LogP contribution in [0.25, 0.3) is 0 Å². The fourth-order valence-corrected chi connectivity index (χ4v) is 3.16. The molecule has 0 aromatic heterocycles. The van der Waals surface area contributed by atoms with E-state index in [0.29, 0.717) is 10.0 Å². The fraction of sp³-hybridized carbons (Fsp3) is 0.500. The largest absolute Gasteiger partial charge is 0.464 e. The Bertz CT molecular complexity index is 1030. The number of hydrogen-bond acceptors (Lipinski definition) is 10. The molecule has 0 spiro atoms. The van der Waals surface area contributed by atoms with Gasteiger partial charge in [0.05, 0.1) is 13.2 Å². The van der Waals surface area contributed by atoms with Crippen molar-refractivity contribution >= 4 is 35.9 Å². The van der Waals surface area contributed by atoms with Gasteiger partial charge in [0.1, 0.15) is 18.7 Å². The number of carbonyl (C=O) groups is 6. The Kier molecular flexibility index (Phi) is 11.0. The van der Waals surface area contributed by atoms with Crippen LogP contribution in [-0.2, 0) is 44.7 Å². The normalized spacial score (nSPS) is 17.2. The van der Waals surface area contributed by atoms with E-state index in [-0.39, 0.29) is 19.8 Å². The van der Waals surface area contributed by atoms with Crippen LogP contribution in [-0.4, -0.2) is 90.4 Å². The van der Waals surface area contributed by atoms with Gasteiger partial charge in [-0.05, 0) is 33.3 Å². The molecule has 38 heavy (non-hydrogen) atoms. The van der Waals surface area contributed by atoms with Crippen molar-refractivity contribution in [3.8, 4) is 0 Å². The molecule has 1 aliphatic heterocycles. The highest BCUT2D eigenvalue weighted by Crippen LogP contribution is 2.26. The second-order valence-corrected chi connectivity index (χ2v) is 8.10. The van der Waals surface area contributed by atoms with Crippen molar-refractivity contribution in [1.82, 2.24) is 20.7 Å². The average molecular weight is 537 g/mol. The Hall–Kier alpha value is -4.20. The van der Waals surface area contributed by atoms with Gasteiger partial charge in [-0.3, -0.25) is 14.4 Å². The second-order valence-electron chi connectivity index (χ2n) is 8.10. The van der Waals surface area contributed by atoms with Crippen molar-refractivity contribution in [3.05, 3.63) is 35.9 Å². The van der Waals surface area contributed by atoms with Crippen molar-refractivity contribution in [2.75, 3.05) is 20.3 Å². The molecule has 1 aromatic carbocycles. The molecule has 0 aliphatic carbocycles. The number of alkyl carbamates (subject to hydrolysis) is 1. The number of hydrogen-bond donors (Lipinski definition) is 2. The first kappa shape index (κ1) is 30.0. The summed E-state index contributed by atoms with van der Waals surface area (Å²) in [4.78, 5) is 74.7. The number of esters is 1. The smallest absolute Gasteiger partial charge is 0.436 e. The Morgan fingerprint density at radius 3 is 2.13 bits per heavy atom. The van der Waals surface area contributed by atoms with Crippen molar-refractivity contribution < 1.29 is 47.7 Å². The lowest BCUT2D eigenvalue weighted by Crippen LogP contribution is -2.58. The van der Waals surface area contributed by atoms with E-state index >= 15 is 0 Å². The predicted octanol–water partition coefficient (Wildman–Crippen LogP) is 0.495. The van der Waals surface area contributed by atoms with Crippen molar-refractivity contribution in [2.24, 2.45) is 0 Å². The second kappa shape index (κ2) is 13.9. The zero-order valence-corrected chi connectivity index (χ0v) is 21.8. The van der Waals surface area contributed by atoms with Crippen molar-refractivity contribution in [3.63, 3.8) is 0 Å².